The van der Waals surface area contributed by atoms with Crippen LogP contribution in [0.25, 0.3) is 0 Å². The number of aliphatic hydroxyl groups is 2. The highest BCUT2D eigenvalue weighted by molar-refractivity contribution is 4.65. The molecule has 11 nitrogen and oxygen atoms in total. The molecular weight excluding hydrogens is 1180 g/mol. The predicted molar refractivity (Wildman–Crippen MR) is 415 cm³/mol. The molecule has 0 aliphatic carbocycles. The normalized spacial score (nSPS) is 14.1. The third-order valence-electron chi connectivity index (χ3n) is 17.7. The van der Waals surface area contributed by atoms with Gasteiger partial charge in [0.15, 0.2) is 0 Å². The highest BCUT2D eigenvalue weighted by atomic mass is 16.6. The molecule has 0 rings (SSSR count). The Kier molecular flexibility index (Phi) is 93.4. The fourth-order valence-electron chi connectivity index (χ4n) is 12.2. The summed E-state index contributed by atoms with van der Waals surface area (Å²) in [5, 5.41) is 17.1. The molecule has 0 radical (unpaired) electrons. The molecule has 0 heterocycles. The maximum absolute atomic E-state index is 8.58. The van der Waals surface area contributed by atoms with Crippen molar-refractivity contribution < 1.29 is 52.8 Å². The molecule has 0 saturated carbocycles. The molecule has 0 amide bonds. The zero-order valence-electron chi connectivity index (χ0n) is 68.3. The summed E-state index contributed by atoms with van der Waals surface area (Å²) in [7, 11) is 0. The molecule has 0 bridgehead atoms. The molecule has 11 heteroatoms. The fraction of sp³-hybridized carbons (Fsp3) is 1.00. The van der Waals surface area contributed by atoms with Crippen molar-refractivity contribution in [1.82, 2.24) is 0 Å². The molecule has 580 valence electrons. The van der Waals surface area contributed by atoms with E-state index in [-0.39, 0.29) is 13.2 Å². The minimum absolute atomic E-state index is 0.0479. The van der Waals surface area contributed by atoms with E-state index in [0.717, 1.165) is 156 Å². The van der Waals surface area contributed by atoms with E-state index in [1.807, 2.05) is 0 Å². The van der Waals surface area contributed by atoms with Gasteiger partial charge in [0, 0.05) is 52.9 Å². The first-order chi connectivity index (χ1) is 45.7. The van der Waals surface area contributed by atoms with E-state index in [4.69, 9.17) is 52.8 Å². The molecule has 0 aromatic carbocycles. The lowest BCUT2D eigenvalue weighted by atomic mass is 9.90. The molecule has 0 spiro atoms. The average Bonchev–Trinajstić information content (AvgIpc) is 3.73. The lowest BCUT2D eigenvalue weighted by Gasteiger charge is -2.17. The van der Waals surface area contributed by atoms with Crippen LogP contribution in [0.4, 0.5) is 0 Å². The van der Waals surface area contributed by atoms with Gasteiger partial charge in [0.05, 0.1) is 79.3 Å². The van der Waals surface area contributed by atoms with Gasteiger partial charge < -0.3 is 52.8 Å². The summed E-state index contributed by atoms with van der Waals surface area (Å²) in [5.74, 6) is 10.2. The molecular formula is C84H178O11. The van der Waals surface area contributed by atoms with Crippen LogP contribution < -0.4 is 0 Å². The molecule has 0 aromatic heterocycles. The first-order valence-corrected chi connectivity index (χ1v) is 41.1. The van der Waals surface area contributed by atoms with Crippen molar-refractivity contribution in [2.45, 2.75) is 344 Å². The summed E-state index contributed by atoms with van der Waals surface area (Å²) in [5.41, 5.74) is 0. The van der Waals surface area contributed by atoms with Crippen molar-refractivity contribution in [3.8, 4) is 0 Å². The van der Waals surface area contributed by atoms with Crippen LogP contribution in [-0.2, 0) is 42.6 Å². The van der Waals surface area contributed by atoms with Crippen molar-refractivity contribution >= 4 is 0 Å². The monoisotopic (exact) mass is 1360 g/mol. The van der Waals surface area contributed by atoms with E-state index in [2.05, 4.69) is 138 Å². The third-order valence-corrected chi connectivity index (χ3v) is 17.7. The van der Waals surface area contributed by atoms with Crippen LogP contribution in [-0.4, -0.2) is 142 Å². The van der Waals surface area contributed by atoms with Crippen LogP contribution in [0, 0.1) is 71.0 Å². The molecule has 8 unspecified atom stereocenters. The van der Waals surface area contributed by atoms with Crippen molar-refractivity contribution in [3.63, 3.8) is 0 Å². The van der Waals surface area contributed by atoms with Crippen LogP contribution in [0.2, 0.25) is 0 Å². The Bertz CT molecular complexity index is 1290. The quantitative estimate of drug-likeness (QED) is 0.0566. The first kappa shape index (κ1) is 103. The van der Waals surface area contributed by atoms with Gasteiger partial charge in [0.2, 0.25) is 0 Å². The maximum atomic E-state index is 8.58. The van der Waals surface area contributed by atoms with Gasteiger partial charge in [0.1, 0.15) is 0 Å². The van der Waals surface area contributed by atoms with Crippen LogP contribution in [0.3, 0.4) is 0 Å². The molecule has 0 aliphatic rings. The van der Waals surface area contributed by atoms with E-state index in [9.17, 15) is 0 Å². The molecule has 95 heavy (non-hydrogen) atoms. The Hall–Kier alpha value is -0.440. The highest BCUT2D eigenvalue weighted by Crippen LogP contribution is 2.25. The van der Waals surface area contributed by atoms with Gasteiger partial charge >= 0.3 is 0 Å². The molecule has 8 atom stereocenters. The summed E-state index contributed by atoms with van der Waals surface area (Å²) in [6.45, 7) is 59.0. The van der Waals surface area contributed by atoms with E-state index in [1.165, 1.54) is 173 Å². The average molecular weight is 1360 g/mol. The lowest BCUT2D eigenvalue weighted by Crippen LogP contribution is -2.13. The second-order valence-electron chi connectivity index (χ2n) is 30.7. The Labute approximate surface area is 597 Å². The summed E-state index contributed by atoms with van der Waals surface area (Å²) < 4.78 is 48.9. The fourth-order valence-corrected chi connectivity index (χ4v) is 12.2. The van der Waals surface area contributed by atoms with Gasteiger partial charge in [-0.3, -0.25) is 0 Å². The molecule has 2 N–H and O–H groups in total. The Morgan fingerprint density at radius 1 is 0.200 bits per heavy atom. The number of rotatable bonds is 68. The Balaban J connectivity index is -0.000000364. The molecule has 0 saturated heterocycles. The zero-order valence-corrected chi connectivity index (χ0v) is 68.3. The van der Waals surface area contributed by atoms with Gasteiger partial charge in [-0.1, -0.05) is 267 Å². The van der Waals surface area contributed by atoms with Gasteiger partial charge in [-0.05, 0) is 148 Å². The minimum Gasteiger partial charge on any atom is -0.394 e. The van der Waals surface area contributed by atoms with E-state index < -0.39 is 0 Å². The number of hydrogen-bond acceptors (Lipinski definition) is 11. The van der Waals surface area contributed by atoms with Crippen molar-refractivity contribution in [1.29, 1.82) is 0 Å². The van der Waals surface area contributed by atoms with Crippen LogP contribution in [0.15, 0.2) is 0 Å². The van der Waals surface area contributed by atoms with Gasteiger partial charge in [-0.15, -0.1) is 0 Å². The van der Waals surface area contributed by atoms with Crippen molar-refractivity contribution in [3.05, 3.63) is 0 Å². The van der Waals surface area contributed by atoms with Crippen LogP contribution >= 0.6 is 0 Å². The number of ether oxygens (including phenoxy) is 9. The lowest BCUT2D eigenvalue weighted by molar-refractivity contribution is -0.0134. The van der Waals surface area contributed by atoms with Gasteiger partial charge in [-0.25, -0.2) is 0 Å². The van der Waals surface area contributed by atoms with Crippen LogP contribution in [0.1, 0.15) is 344 Å². The number of hydrogen-bond donors (Lipinski definition) is 2. The van der Waals surface area contributed by atoms with Crippen molar-refractivity contribution in [2.75, 3.05) is 132 Å². The predicted octanol–water partition coefficient (Wildman–Crippen LogP) is 23.3. The Morgan fingerprint density at radius 3 is 0.916 bits per heavy atom. The second-order valence-corrected chi connectivity index (χ2v) is 30.7. The smallest absolute Gasteiger partial charge is 0.0701 e. The number of unbranched alkanes of at least 4 members (excludes halogenated alkanes) is 5. The van der Waals surface area contributed by atoms with Gasteiger partial charge in [0.25, 0.3) is 0 Å². The topological polar surface area (TPSA) is 124 Å². The van der Waals surface area contributed by atoms with Crippen LogP contribution in [0.5, 0.6) is 0 Å². The highest BCUT2D eigenvalue weighted by Gasteiger charge is 2.13. The summed E-state index contributed by atoms with van der Waals surface area (Å²) in [4.78, 5) is 0. The zero-order chi connectivity index (χ0) is 72.1. The standard InChI is InChI=1S/C23H48O6.2C16H34O.C15H32O2.C14H30O/c1-4-23(21-22(2)3)9-7-5-6-8-11-25-13-15-27-17-19-29-20-18-28-16-14-26-12-10-24;2*1-6-11-17-12-10-16(5)13-15(4)9-7-8-14(2)3;1-13(2)12-15(4)7-5-6-14(3)8-10-17-11-9-16;1-4-7-8-10-14(9-5-2)11-13-15-12-6-3/h22-24H,4-21H2,1-3H3;2*14-16H,6-13H2,1-5H3;13-16H,5-12H2,1-4H3;14H,4-13H2,1-3H3. The summed E-state index contributed by atoms with van der Waals surface area (Å²) in [6, 6.07) is 0. The second kappa shape index (κ2) is 86.0. The van der Waals surface area contributed by atoms with E-state index in [1.54, 1.807) is 0 Å². The molecule has 0 aromatic rings. The first-order valence-electron chi connectivity index (χ1n) is 41.1. The SMILES string of the molecule is CC(C)CC(C)CCCC(C)CCOCCO.CCC(CCCCCCOCCOCCOCCOCCOCCO)CC(C)C.CCCCCC(CCC)CCOCCC.CCCOCCC(C)CC(C)CCCC(C)C.CCCOCCC(C)CC(C)CCCC(C)C. The largest absolute Gasteiger partial charge is 0.394 e. The van der Waals surface area contributed by atoms with Gasteiger partial charge in [-0.2, -0.15) is 0 Å². The van der Waals surface area contributed by atoms with E-state index in [0.29, 0.717) is 66.1 Å². The van der Waals surface area contributed by atoms with Crippen molar-refractivity contribution in [2.24, 2.45) is 71.0 Å². The molecule has 0 fully saturated rings. The van der Waals surface area contributed by atoms with E-state index >= 15 is 0 Å². The number of aliphatic hydroxyl groups excluding tert-OH is 2. The Morgan fingerprint density at radius 2 is 0.526 bits per heavy atom. The minimum atomic E-state index is 0.0479. The molecule has 0 aliphatic heterocycles. The summed E-state index contributed by atoms with van der Waals surface area (Å²) in [6.07, 6.45) is 42.2. The third kappa shape index (κ3) is 97.8. The maximum Gasteiger partial charge on any atom is 0.0701 e. The summed E-state index contributed by atoms with van der Waals surface area (Å²) >= 11 is 0.